The molecular weight excluding hydrogens is 432 g/mol. The molecule has 2 aromatic rings. The average molecular weight is 461 g/mol. The van der Waals surface area contributed by atoms with Crippen molar-refractivity contribution >= 4 is 18.0 Å². The van der Waals surface area contributed by atoms with E-state index in [1.54, 1.807) is 0 Å². The molecule has 2 aliphatic rings. The highest BCUT2D eigenvalue weighted by Crippen LogP contribution is 2.44. The minimum Gasteiger partial charge on any atom is -0.481 e. The van der Waals surface area contributed by atoms with Crippen LogP contribution in [-0.2, 0) is 14.3 Å². The van der Waals surface area contributed by atoms with Crippen molar-refractivity contribution in [3.63, 3.8) is 0 Å². The topological polar surface area (TPSA) is 95.9 Å². The molecule has 1 heterocycles. The van der Waals surface area contributed by atoms with E-state index < -0.39 is 24.0 Å². The molecule has 2 amide bonds. The number of carboxylic acids is 1. The summed E-state index contributed by atoms with van der Waals surface area (Å²) in [6.07, 6.45) is 5.81. The molecule has 1 aliphatic carbocycles. The number of carbonyl (C=O) groups is 3. The van der Waals surface area contributed by atoms with Gasteiger partial charge in [-0.05, 0) is 42.0 Å². The molecule has 0 bridgehead atoms. The first-order chi connectivity index (χ1) is 16.4. The Morgan fingerprint density at radius 2 is 1.74 bits per heavy atom. The highest BCUT2D eigenvalue weighted by atomic mass is 16.5. The lowest BCUT2D eigenvalue weighted by Crippen LogP contribution is -2.55. The van der Waals surface area contributed by atoms with Crippen molar-refractivity contribution in [2.75, 3.05) is 13.2 Å². The molecule has 4 rings (SSSR count). The van der Waals surface area contributed by atoms with Crippen LogP contribution in [0.15, 0.2) is 48.5 Å². The van der Waals surface area contributed by atoms with E-state index in [-0.39, 0.29) is 37.4 Å². The number of nitrogens with one attached hydrogen (secondary N) is 1. The lowest BCUT2D eigenvalue weighted by atomic mass is 9.92. The second-order valence-corrected chi connectivity index (χ2v) is 8.88. The van der Waals surface area contributed by atoms with Gasteiger partial charge in [0.05, 0.1) is 5.92 Å². The van der Waals surface area contributed by atoms with E-state index >= 15 is 0 Å². The predicted molar refractivity (Wildman–Crippen MR) is 127 cm³/mol. The van der Waals surface area contributed by atoms with Gasteiger partial charge in [0.1, 0.15) is 12.6 Å². The van der Waals surface area contributed by atoms with Crippen LogP contribution < -0.4 is 5.32 Å². The summed E-state index contributed by atoms with van der Waals surface area (Å²) in [5, 5.41) is 12.0. The smallest absolute Gasteiger partial charge is 0.407 e. The van der Waals surface area contributed by atoms with Crippen molar-refractivity contribution in [3.8, 4) is 23.5 Å². The Morgan fingerprint density at radius 1 is 1.12 bits per heavy atom. The normalized spacial score (nSPS) is 19.9. The van der Waals surface area contributed by atoms with E-state index in [0.29, 0.717) is 12.8 Å². The molecule has 7 nitrogen and oxygen atoms in total. The van der Waals surface area contributed by atoms with Gasteiger partial charge in [0.15, 0.2) is 0 Å². The Balaban J connectivity index is 1.42. The largest absolute Gasteiger partial charge is 0.481 e. The quantitative estimate of drug-likeness (QED) is 0.642. The molecule has 0 saturated carbocycles. The molecule has 34 heavy (non-hydrogen) atoms. The van der Waals surface area contributed by atoms with Crippen molar-refractivity contribution < 1.29 is 24.2 Å². The number of ether oxygens (including phenoxy) is 1. The Labute approximate surface area is 199 Å². The van der Waals surface area contributed by atoms with Gasteiger partial charge in [0.2, 0.25) is 5.91 Å². The maximum atomic E-state index is 13.2. The zero-order valence-electron chi connectivity index (χ0n) is 19.1. The molecule has 0 aromatic heterocycles. The lowest BCUT2D eigenvalue weighted by molar-refractivity contribution is -0.147. The molecule has 7 heteroatoms. The fraction of sp³-hybridized carbons (Fsp3) is 0.370. The maximum absolute atomic E-state index is 13.2. The van der Waals surface area contributed by atoms with Crippen LogP contribution in [0.3, 0.4) is 0 Å². The summed E-state index contributed by atoms with van der Waals surface area (Å²) in [5.41, 5.74) is 4.43. The molecule has 0 radical (unpaired) electrons. The van der Waals surface area contributed by atoms with Crippen molar-refractivity contribution in [1.82, 2.24) is 10.2 Å². The fourth-order valence-corrected chi connectivity index (χ4v) is 4.92. The molecule has 0 spiro atoms. The average Bonchev–Trinajstić information content (AvgIpc) is 3.16. The maximum Gasteiger partial charge on any atom is 0.407 e. The van der Waals surface area contributed by atoms with Crippen LogP contribution in [0.25, 0.3) is 11.1 Å². The van der Waals surface area contributed by atoms with E-state index in [1.165, 1.54) is 4.90 Å². The lowest BCUT2D eigenvalue weighted by Gasteiger charge is -2.38. The van der Waals surface area contributed by atoms with Crippen LogP contribution in [0.5, 0.6) is 0 Å². The number of aliphatic carboxylic acids is 1. The van der Waals surface area contributed by atoms with E-state index in [9.17, 15) is 19.5 Å². The highest BCUT2D eigenvalue weighted by molar-refractivity contribution is 5.87. The molecule has 2 N–H and O–H groups in total. The number of amides is 2. The van der Waals surface area contributed by atoms with Gasteiger partial charge in [0, 0.05) is 24.9 Å². The predicted octanol–water partition coefficient (Wildman–Crippen LogP) is 3.63. The molecular formula is C27H28N2O5. The van der Waals surface area contributed by atoms with Crippen molar-refractivity contribution in [1.29, 1.82) is 0 Å². The van der Waals surface area contributed by atoms with Gasteiger partial charge in [-0.1, -0.05) is 48.5 Å². The third-order valence-corrected chi connectivity index (χ3v) is 6.77. The van der Waals surface area contributed by atoms with Crippen LogP contribution in [0, 0.1) is 18.3 Å². The number of rotatable bonds is 6. The number of carboxylic acid groups (broad SMARTS) is 1. The minimum atomic E-state index is -0.976. The third-order valence-electron chi connectivity index (χ3n) is 6.77. The van der Waals surface area contributed by atoms with Gasteiger partial charge in [-0.25, -0.2) is 4.79 Å². The Hall–Kier alpha value is -3.79. The summed E-state index contributed by atoms with van der Waals surface area (Å²) in [6, 6.07) is 15.0. The minimum absolute atomic E-state index is 0.00993. The number of fused-ring (bicyclic) bond motifs is 3. The summed E-state index contributed by atoms with van der Waals surface area (Å²) in [7, 11) is 0. The highest BCUT2D eigenvalue weighted by Gasteiger charge is 2.36. The first kappa shape index (κ1) is 23.4. The van der Waals surface area contributed by atoms with Crippen LogP contribution in [0.1, 0.15) is 43.2 Å². The van der Waals surface area contributed by atoms with Crippen molar-refractivity contribution in [3.05, 3.63) is 59.7 Å². The number of benzene rings is 2. The zero-order valence-corrected chi connectivity index (χ0v) is 19.1. The van der Waals surface area contributed by atoms with Gasteiger partial charge >= 0.3 is 12.1 Å². The number of piperidine rings is 1. The van der Waals surface area contributed by atoms with Crippen LogP contribution in [-0.4, -0.2) is 53.2 Å². The number of hydrogen-bond donors (Lipinski definition) is 2. The Kier molecular flexibility index (Phi) is 6.87. The number of nitrogens with zero attached hydrogens (tertiary/aromatic N) is 1. The number of terminal acetylenes is 1. The van der Waals surface area contributed by atoms with Gasteiger partial charge in [0.25, 0.3) is 0 Å². The van der Waals surface area contributed by atoms with Crippen LogP contribution in [0.2, 0.25) is 0 Å². The number of likely N-dealkylation sites (tertiary alicyclic amines) is 1. The second kappa shape index (κ2) is 10.0. The molecule has 3 unspecified atom stereocenters. The van der Waals surface area contributed by atoms with E-state index in [4.69, 9.17) is 11.2 Å². The Morgan fingerprint density at radius 3 is 2.32 bits per heavy atom. The van der Waals surface area contributed by atoms with Gasteiger partial charge < -0.3 is 20.1 Å². The van der Waals surface area contributed by atoms with Gasteiger partial charge in [-0.15, -0.1) is 12.3 Å². The molecule has 1 aliphatic heterocycles. The summed E-state index contributed by atoms with van der Waals surface area (Å²) >= 11 is 0. The van der Waals surface area contributed by atoms with Gasteiger partial charge in [-0.2, -0.15) is 0 Å². The monoisotopic (exact) mass is 460 g/mol. The van der Waals surface area contributed by atoms with E-state index in [0.717, 1.165) is 22.3 Å². The van der Waals surface area contributed by atoms with Crippen LogP contribution >= 0.6 is 0 Å². The SMILES string of the molecule is C#CCC(NC(=O)OCC1c2ccccc2-c2ccccc21)C(=O)N1CC(C(=O)O)CCC1C. The van der Waals surface area contributed by atoms with Gasteiger partial charge in [-0.3, -0.25) is 9.59 Å². The third kappa shape index (κ3) is 4.62. The first-order valence-corrected chi connectivity index (χ1v) is 11.5. The second-order valence-electron chi connectivity index (χ2n) is 8.88. The summed E-state index contributed by atoms with van der Waals surface area (Å²) < 4.78 is 5.56. The number of alkyl carbamates (subject to hydrolysis) is 1. The standard InChI is InChI=1S/C27H28N2O5/c1-3-8-24(25(30)29-15-18(26(31)32)14-13-17(29)2)28-27(33)34-16-23-21-11-6-4-9-19(21)20-10-5-7-12-22(20)23/h1,4-7,9-12,17-18,23-24H,8,13-16H2,2H3,(H,28,33)(H,31,32). The molecule has 2 aromatic carbocycles. The fourth-order valence-electron chi connectivity index (χ4n) is 4.92. The van der Waals surface area contributed by atoms with Crippen molar-refractivity contribution in [2.24, 2.45) is 5.92 Å². The first-order valence-electron chi connectivity index (χ1n) is 11.5. The summed E-state index contributed by atoms with van der Waals surface area (Å²) in [4.78, 5) is 38.8. The molecule has 1 fully saturated rings. The van der Waals surface area contributed by atoms with Crippen LogP contribution in [0.4, 0.5) is 4.79 Å². The Bertz CT molecular complexity index is 1090. The van der Waals surface area contributed by atoms with E-state index in [2.05, 4.69) is 23.4 Å². The molecule has 1 saturated heterocycles. The zero-order chi connectivity index (χ0) is 24.2. The van der Waals surface area contributed by atoms with Crippen molar-refractivity contribution in [2.45, 2.75) is 44.2 Å². The summed E-state index contributed by atoms with van der Waals surface area (Å²) in [5.74, 6) is 0.396. The number of carbonyl (C=O) groups excluding carboxylic acids is 2. The molecule has 176 valence electrons. The van der Waals surface area contributed by atoms with E-state index in [1.807, 2.05) is 43.3 Å². The number of hydrogen-bond acceptors (Lipinski definition) is 4. The molecule has 3 atom stereocenters. The summed E-state index contributed by atoms with van der Waals surface area (Å²) in [6.45, 7) is 2.09.